The quantitative estimate of drug-likeness (QED) is 0.207. The van der Waals surface area contributed by atoms with Crippen molar-refractivity contribution in [3.8, 4) is 11.5 Å². The van der Waals surface area contributed by atoms with E-state index in [-0.39, 0.29) is 94.5 Å². The van der Waals surface area contributed by atoms with Crippen LogP contribution in [0.3, 0.4) is 0 Å². The van der Waals surface area contributed by atoms with E-state index in [0.29, 0.717) is 0 Å². The minimum absolute atomic E-state index is 0. The van der Waals surface area contributed by atoms with Gasteiger partial charge >= 0.3 is 83.0 Å². The van der Waals surface area contributed by atoms with E-state index in [1.165, 1.54) is 48.5 Å². The van der Waals surface area contributed by atoms with Crippen LogP contribution in [0.4, 0.5) is 0 Å². The molecule has 35 heavy (non-hydrogen) atoms. The summed E-state index contributed by atoms with van der Waals surface area (Å²) in [6, 6.07) is 13.8. The van der Waals surface area contributed by atoms with Crippen molar-refractivity contribution in [2.45, 2.75) is 11.2 Å². The zero-order chi connectivity index (χ0) is 24.8. The summed E-state index contributed by atoms with van der Waals surface area (Å²) in [5, 5.41) is 17.6. The Bertz CT molecular complexity index is 979. The molecule has 0 amide bonds. The number of aliphatic hydroxyl groups is 2. The van der Waals surface area contributed by atoms with Crippen molar-refractivity contribution in [2.24, 2.45) is 0 Å². The zero-order valence-electron chi connectivity index (χ0n) is 17.6. The normalized spacial score (nSPS) is 16.0. The molecule has 0 heterocycles. The van der Waals surface area contributed by atoms with E-state index in [4.69, 9.17) is 10.2 Å². The van der Waals surface area contributed by atoms with E-state index >= 15 is 0 Å². The number of aliphatic hydroxyl groups excluding tert-OH is 2. The van der Waals surface area contributed by atoms with Crippen LogP contribution in [0.25, 0.3) is 0 Å². The van der Waals surface area contributed by atoms with Gasteiger partial charge in [0.05, 0.1) is 0 Å². The molecule has 2 aromatic rings. The van der Waals surface area contributed by atoms with Crippen LogP contribution < -0.4 is 38.4 Å². The predicted molar refractivity (Wildman–Crippen MR) is 96.6 cm³/mol. The SMILES string of the molecule is O=P([O-])([O-])C(O)P(=O)([O-])Oc1ccccc1.O=P([O-])([O-])C(O)P(=O)([O-])Oc1ccccc1.[Hg+2].[Hg+2].[Hg+2]. The van der Waals surface area contributed by atoms with Gasteiger partial charge in [0.15, 0.2) is 11.2 Å². The molecule has 0 aliphatic rings. The molecule has 0 bridgehead atoms. The van der Waals surface area contributed by atoms with Gasteiger partial charge in [0, 0.05) is 0 Å². The predicted octanol–water partition coefficient (Wildman–Crippen LogP) is -2.39. The van der Waals surface area contributed by atoms with E-state index < -0.39 is 41.6 Å². The van der Waals surface area contributed by atoms with Crippen molar-refractivity contribution in [3.05, 3.63) is 60.7 Å². The largest absolute Gasteiger partial charge is 2.00 e. The molecule has 2 aromatic carbocycles. The molecular formula is C14H14Hg3O14P4. The molecule has 0 saturated carbocycles. The minimum Gasteiger partial charge on any atom is -0.809 e. The van der Waals surface area contributed by atoms with Crippen molar-refractivity contribution < 1.29 is 150 Å². The molecule has 14 nitrogen and oxygen atoms in total. The van der Waals surface area contributed by atoms with Crippen molar-refractivity contribution >= 4 is 30.4 Å². The molecular weight excluding hydrogens is 1120 g/mol. The second-order valence-corrected chi connectivity index (χ2v) is 13.1. The Hall–Kier alpha value is 1.45. The Labute approximate surface area is 261 Å². The van der Waals surface area contributed by atoms with Crippen LogP contribution in [0.1, 0.15) is 0 Å². The minimum atomic E-state index is -5.66. The molecule has 2 rings (SSSR count). The number of para-hydroxylation sites is 2. The first kappa shape index (κ1) is 40.9. The van der Waals surface area contributed by atoms with Crippen LogP contribution in [-0.2, 0) is 101 Å². The maximum atomic E-state index is 11.1. The molecule has 0 fully saturated rings. The van der Waals surface area contributed by atoms with E-state index in [1.807, 2.05) is 0 Å². The number of benzene rings is 2. The molecule has 0 radical (unpaired) electrons. The second-order valence-electron chi connectivity index (χ2n) is 5.66. The van der Waals surface area contributed by atoms with Gasteiger partial charge in [0.1, 0.15) is 11.5 Å². The summed E-state index contributed by atoms with van der Waals surface area (Å²) in [5.41, 5.74) is -6.17. The fourth-order valence-electron chi connectivity index (χ4n) is 1.70. The molecule has 0 aliphatic heterocycles. The van der Waals surface area contributed by atoms with E-state index in [0.717, 1.165) is 0 Å². The molecule has 2 N–H and O–H groups in total. The van der Waals surface area contributed by atoms with Crippen LogP contribution in [0, 0.1) is 0 Å². The Morgan fingerprint density at radius 1 is 0.543 bits per heavy atom. The Balaban J connectivity index is -0.000000539. The Morgan fingerprint density at radius 2 is 0.771 bits per heavy atom. The fraction of sp³-hybridized carbons (Fsp3) is 0.143. The third kappa shape index (κ3) is 15.0. The van der Waals surface area contributed by atoms with E-state index in [1.54, 1.807) is 12.1 Å². The Morgan fingerprint density at radius 3 is 0.971 bits per heavy atom. The van der Waals surface area contributed by atoms with Gasteiger partial charge < -0.3 is 57.8 Å². The van der Waals surface area contributed by atoms with Crippen molar-refractivity contribution in [1.29, 1.82) is 0 Å². The number of hydrogen-bond donors (Lipinski definition) is 2. The smallest absolute Gasteiger partial charge is 0.809 e. The van der Waals surface area contributed by atoms with E-state index in [9.17, 15) is 47.6 Å². The summed E-state index contributed by atoms with van der Waals surface area (Å²) >= 11 is 0. The summed E-state index contributed by atoms with van der Waals surface area (Å²) in [6.45, 7) is 0. The topological polar surface area (TPSA) is 266 Å². The van der Waals surface area contributed by atoms with Crippen LogP contribution in [0.5, 0.6) is 11.5 Å². The summed E-state index contributed by atoms with van der Waals surface area (Å²) < 4.78 is 51.5. The Kier molecular flexibility index (Phi) is 20.1. The molecule has 0 aliphatic carbocycles. The maximum Gasteiger partial charge on any atom is 2.00 e. The average Bonchev–Trinajstić information content (AvgIpc) is 2.67. The molecule has 0 spiro atoms. The first-order valence-electron chi connectivity index (χ1n) is 7.97. The van der Waals surface area contributed by atoms with Gasteiger partial charge in [-0.15, -0.1) is 0 Å². The molecule has 4 unspecified atom stereocenters. The van der Waals surface area contributed by atoms with Gasteiger partial charge in [0.25, 0.3) is 0 Å². The van der Waals surface area contributed by atoms with Crippen LogP contribution >= 0.6 is 30.4 Å². The summed E-state index contributed by atoms with van der Waals surface area (Å²) in [5.74, 6) is -0.373. The first-order valence-corrected chi connectivity index (χ1v) is 14.4. The second kappa shape index (κ2) is 17.2. The summed E-state index contributed by atoms with van der Waals surface area (Å²) in [4.78, 5) is 63.6. The molecule has 0 saturated heterocycles. The van der Waals surface area contributed by atoms with Crippen molar-refractivity contribution in [3.63, 3.8) is 0 Å². The average molecular weight is 1130 g/mol. The molecule has 180 valence electrons. The van der Waals surface area contributed by atoms with E-state index in [2.05, 4.69) is 9.05 Å². The third-order valence-corrected chi connectivity index (χ3v) is 9.67. The summed E-state index contributed by atoms with van der Waals surface area (Å²) in [6.07, 6.45) is 0. The first-order chi connectivity index (χ1) is 14.5. The standard InChI is InChI=1S/2C7H10O7P2.3Hg/c2*8-7(15(9,10)11)16(12,13)14-6-4-2-1-3-5-6;;;/h2*1-5,7-8H,(H,12,13)(H2,9,10,11);;;/q;;3*+2/p-6. The number of rotatable bonds is 8. The van der Waals surface area contributed by atoms with Crippen LogP contribution in [-0.4, -0.2) is 21.4 Å². The molecule has 21 heteroatoms. The van der Waals surface area contributed by atoms with Gasteiger partial charge in [-0.1, -0.05) is 36.4 Å². The summed E-state index contributed by atoms with van der Waals surface area (Å²) in [7, 11) is -21.7. The van der Waals surface area contributed by atoms with Gasteiger partial charge in [-0.2, -0.15) is 0 Å². The van der Waals surface area contributed by atoms with Crippen molar-refractivity contribution in [2.75, 3.05) is 0 Å². The van der Waals surface area contributed by atoms with Gasteiger partial charge in [-0.05, 0) is 39.5 Å². The molecule has 0 aromatic heterocycles. The monoisotopic (exact) mass is 1140 g/mol. The molecule has 4 atom stereocenters. The van der Waals surface area contributed by atoms with Crippen LogP contribution in [0.2, 0.25) is 0 Å². The van der Waals surface area contributed by atoms with Gasteiger partial charge in [0.2, 0.25) is 15.2 Å². The van der Waals surface area contributed by atoms with Gasteiger partial charge in [-0.25, -0.2) is 0 Å². The van der Waals surface area contributed by atoms with Crippen LogP contribution in [0.15, 0.2) is 60.7 Å². The number of hydrogen-bond acceptors (Lipinski definition) is 14. The zero-order valence-corrected chi connectivity index (χ0v) is 37.7. The van der Waals surface area contributed by atoms with Gasteiger partial charge in [-0.3, -0.25) is 9.13 Å². The fourth-order valence-corrected chi connectivity index (χ4v) is 5.77. The van der Waals surface area contributed by atoms with Crippen molar-refractivity contribution in [1.82, 2.24) is 0 Å². The maximum absolute atomic E-state index is 11.1. The third-order valence-electron chi connectivity index (χ3n) is 3.08.